The Labute approximate surface area is 64.8 Å². The van der Waals surface area contributed by atoms with Crippen LogP contribution in [-0.2, 0) is 14.9 Å². The maximum Gasteiger partial charge on any atom is 0.306 e. The third-order valence-corrected chi connectivity index (χ3v) is 1.83. The fourth-order valence-corrected chi connectivity index (χ4v) is 0.997. The molecule has 0 saturated carbocycles. The number of carboxylic acid groups (broad SMARTS) is 1. The molecular formula is C5H9O5S. The predicted molar refractivity (Wildman–Crippen MR) is 37.5 cm³/mol. The van der Waals surface area contributed by atoms with E-state index in [-0.39, 0.29) is 6.42 Å². The fourth-order valence-electron chi connectivity index (χ4n) is 0.415. The van der Waals surface area contributed by atoms with Crippen LogP contribution in [0.5, 0.6) is 0 Å². The Morgan fingerprint density at radius 1 is 1.55 bits per heavy atom. The number of hydrogen-bond acceptors (Lipinski definition) is 3. The highest BCUT2D eigenvalue weighted by atomic mass is 32.2. The van der Waals surface area contributed by atoms with Gasteiger partial charge in [-0.25, -0.2) is 0 Å². The van der Waals surface area contributed by atoms with Gasteiger partial charge in [0.05, 0.1) is 11.7 Å². The molecule has 0 bridgehead atoms. The van der Waals surface area contributed by atoms with E-state index < -0.39 is 27.8 Å². The van der Waals surface area contributed by atoms with Gasteiger partial charge in [-0.05, 0) is 13.3 Å². The van der Waals surface area contributed by atoms with E-state index in [1.54, 1.807) is 0 Å². The first-order valence-electron chi connectivity index (χ1n) is 2.84. The summed E-state index contributed by atoms with van der Waals surface area (Å²) < 4.78 is 28.4. The van der Waals surface area contributed by atoms with E-state index in [1.807, 2.05) is 0 Å². The molecule has 0 fully saturated rings. The summed E-state index contributed by atoms with van der Waals surface area (Å²) >= 11 is 0. The van der Waals surface area contributed by atoms with Crippen molar-refractivity contribution < 1.29 is 22.9 Å². The van der Waals surface area contributed by atoms with Crippen molar-refractivity contribution >= 4 is 16.1 Å². The quantitative estimate of drug-likeness (QED) is 0.586. The summed E-state index contributed by atoms with van der Waals surface area (Å²) in [4.78, 5) is 10.1. The van der Waals surface area contributed by atoms with Crippen LogP contribution in [0.2, 0.25) is 0 Å². The van der Waals surface area contributed by atoms with Crippen molar-refractivity contribution in [3.8, 4) is 0 Å². The average Bonchev–Trinajstić information content (AvgIpc) is 1.80. The lowest BCUT2D eigenvalue weighted by Crippen LogP contribution is -2.15. The molecule has 65 valence electrons. The maximum atomic E-state index is 10.1. The Bertz CT molecular complexity index is 229. The van der Waals surface area contributed by atoms with E-state index in [0.717, 1.165) is 0 Å². The van der Waals surface area contributed by atoms with Gasteiger partial charge < -0.3 is 5.11 Å². The molecule has 0 aliphatic rings. The summed E-state index contributed by atoms with van der Waals surface area (Å²) in [5.41, 5.74) is 0. The van der Waals surface area contributed by atoms with Gasteiger partial charge in [0.25, 0.3) is 10.1 Å². The number of aliphatic carboxylic acids is 1. The van der Waals surface area contributed by atoms with Crippen LogP contribution < -0.4 is 0 Å². The first-order valence-corrected chi connectivity index (χ1v) is 4.45. The van der Waals surface area contributed by atoms with Crippen LogP contribution in [0.1, 0.15) is 6.42 Å². The molecule has 0 aromatic heterocycles. The van der Waals surface area contributed by atoms with Crippen LogP contribution in [0.4, 0.5) is 0 Å². The normalized spacial score (nSPS) is 14.4. The molecule has 2 N–H and O–H groups in total. The van der Waals surface area contributed by atoms with Crippen LogP contribution in [-0.4, -0.2) is 29.8 Å². The standard InChI is InChI=1S/C5H9O5S/c1-4(5(6)7)2-3-11(8,9)10/h4H,1-3H2,(H,6,7)(H,8,9,10). The van der Waals surface area contributed by atoms with E-state index >= 15 is 0 Å². The van der Waals surface area contributed by atoms with Crippen molar-refractivity contribution in [3.05, 3.63) is 6.92 Å². The molecule has 0 aromatic carbocycles. The van der Waals surface area contributed by atoms with Gasteiger partial charge in [0.2, 0.25) is 0 Å². The van der Waals surface area contributed by atoms with Crippen LogP contribution in [0.15, 0.2) is 0 Å². The van der Waals surface area contributed by atoms with E-state index in [0.29, 0.717) is 0 Å². The van der Waals surface area contributed by atoms with Gasteiger partial charge in [0.1, 0.15) is 0 Å². The summed E-state index contributed by atoms with van der Waals surface area (Å²) in [7, 11) is -4.06. The van der Waals surface area contributed by atoms with Gasteiger partial charge in [-0.2, -0.15) is 8.42 Å². The van der Waals surface area contributed by atoms with Crippen molar-refractivity contribution in [2.24, 2.45) is 5.92 Å². The lowest BCUT2D eigenvalue weighted by atomic mass is 10.1. The minimum atomic E-state index is -4.06. The molecule has 1 radical (unpaired) electrons. The molecule has 11 heavy (non-hydrogen) atoms. The Morgan fingerprint density at radius 3 is 2.27 bits per heavy atom. The molecule has 0 saturated heterocycles. The summed E-state index contributed by atoms with van der Waals surface area (Å²) in [5, 5.41) is 8.24. The second kappa shape index (κ2) is 3.68. The molecule has 0 amide bonds. The molecular weight excluding hydrogens is 172 g/mol. The van der Waals surface area contributed by atoms with E-state index in [9.17, 15) is 13.2 Å². The smallest absolute Gasteiger partial charge is 0.306 e. The van der Waals surface area contributed by atoms with Crippen molar-refractivity contribution in [2.45, 2.75) is 6.42 Å². The highest BCUT2D eigenvalue weighted by molar-refractivity contribution is 7.85. The fraction of sp³-hybridized carbons (Fsp3) is 0.600. The van der Waals surface area contributed by atoms with Crippen molar-refractivity contribution in [1.82, 2.24) is 0 Å². The number of carbonyl (C=O) groups is 1. The highest BCUT2D eigenvalue weighted by Crippen LogP contribution is 2.02. The number of carboxylic acids is 1. The van der Waals surface area contributed by atoms with Gasteiger partial charge in [0.15, 0.2) is 0 Å². The van der Waals surface area contributed by atoms with E-state index in [4.69, 9.17) is 9.66 Å². The monoisotopic (exact) mass is 181 g/mol. The molecule has 5 nitrogen and oxygen atoms in total. The topological polar surface area (TPSA) is 91.7 Å². The van der Waals surface area contributed by atoms with Gasteiger partial charge >= 0.3 is 5.97 Å². The predicted octanol–water partition coefficient (Wildman–Crippen LogP) is -0.201. The number of hydrogen-bond donors (Lipinski definition) is 2. The SMILES string of the molecule is [CH2]C(CCS(=O)(=O)O)C(=O)O. The first kappa shape index (κ1) is 10.4. The van der Waals surface area contributed by atoms with Gasteiger partial charge in [-0.3, -0.25) is 9.35 Å². The molecule has 0 spiro atoms. The van der Waals surface area contributed by atoms with Crippen molar-refractivity contribution in [2.75, 3.05) is 5.75 Å². The Kier molecular flexibility index (Phi) is 3.47. The molecule has 0 aliphatic heterocycles. The van der Waals surface area contributed by atoms with Gasteiger partial charge in [-0.1, -0.05) is 0 Å². The first-order chi connectivity index (χ1) is 4.83. The summed E-state index contributed by atoms with van der Waals surface area (Å²) in [6.45, 7) is 3.17. The van der Waals surface area contributed by atoms with Crippen LogP contribution in [0.25, 0.3) is 0 Å². The van der Waals surface area contributed by atoms with Crippen LogP contribution in [0.3, 0.4) is 0 Å². The minimum absolute atomic E-state index is 0.172. The molecule has 0 aliphatic carbocycles. The van der Waals surface area contributed by atoms with Crippen LogP contribution in [0, 0.1) is 12.8 Å². The largest absolute Gasteiger partial charge is 0.481 e. The zero-order chi connectivity index (χ0) is 9.07. The van der Waals surface area contributed by atoms with E-state index in [1.165, 1.54) is 0 Å². The van der Waals surface area contributed by atoms with Gasteiger partial charge in [0, 0.05) is 0 Å². The number of rotatable bonds is 4. The lowest BCUT2D eigenvalue weighted by molar-refractivity contribution is -0.140. The third kappa shape index (κ3) is 5.81. The van der Waals surface area contributed by atoms with Crippen molar-refractivity contribution in [1.29, 1.82) is 0 Å². The zero-order valence-electron chi connectivity index (χ0n) is 5.73. The summed E-state index contributed by atoms with van der Waals surface area (Å²) in [6, 6.07) is 0. The Morgan fingerprint density at radius 2 is 2.00 bits per heavy atom. The van der Waals surface area contributed by atoms with Gasteiger partial charge in [-0.15, -0.1) is 0 Å². The summed E-state index contributed by atoms with van der Waals surface area (Å²) in [6.07, 6.45) is -0.172. The molecule has 0 heterocycles. The van der Waals surface area contributed by atoms with E-state index in [2.05, 4.69) is 6.92 Å². The maximum absolute atomic E-state index is 10.1. The second-order valence-corrected chi connectivity index (χ2v) is 3.68. The summed E-state index contributed by atoms with van der Waals surface area (Å²) in [5.74, 6) is -2.72. The Balaban J connectivity index is 3.82. The molecule has 1 atom stereocenters. The second-order valence-electron chi connectivity index (χ2n) is 2.11. The molecule has 1 unspecified atom stereocenters. The average molecular weight is 181 g/mol. The molecule has 0 aromatic rings. The molecule has 0 rings (SSSR count). The van der Waals surface area contributed by atoms with Crippen LogP contribution >= 0.6 is 0 Å². The Hall–Kier alpha value is -0.620. The van der Waals surface area contributed by atoms with Crippen molar-refractivity contribution in [3.63, 3.8) is 0 Å². The third-order valence-electron chi connectivity index (χ3n) is 1.07. The lowest BCUT2D eigenvalue weighted by Gasteiger charge is -2.02. The highest BCUT2D eigenvalue weighted by Gasteiger charge is 2.14. The minimum Gasteiger partial charge on any atom is -0.481 e. The zero-order valence-corrected chi connectivity index (χ0v) is 6.54. The molecule has 6 heteroatoms.